The lowest BCUT2D eigenvalue weighted by atomic mass is 9.82. The van der Waals surface area contributed by atoms with Gasteiger partial charge in [-0.2, -0.15) is 0 Å². The van der Waals surface area contributed by atoms with Gasteiger partial charge in [0.2, 0.25) is 0 Å². The molecule has 0 spiro atoms. The highest BCUT2D eigenvalue weighted by atomic mass is 16.3. The number of aliphatic hydroxyl groups is 2. The average Bonchev–Trinajstić information content (AvgIpc) is 1.86. The minimum Gasteiger partial charge on any atom is -0.392 e. The molecule has 2 radical (unpaired) electrons. The van der Waals surface area contributed by atoms with Crippen molar-refractivity contribution in [2.45, 2.75) is 26.9 Å². The molecule has 2 heteroatoms. The molecular formula is C8H16O2. The van der Waals surface area contributed by atoms with E-state index in [0.717, 1.165) is 6.61 Å². The van der Waals surface area contributed by atoms with Crippen molar-refractivity contribution in [2.75, 3.05) is 0 Å². The predicted octanol–water partition coefficient (Wildman–Crippen LogP) is 1.38. The highest BCUT2D eigenvalue weighted by Crippen LogP contribution is 2.27. The molecule has 2 N–H and O–H groups in total. The van der Waals surface area contributed by atoms with Crippen molar-refractivity contribution in [3.05, 3.63) is 13.5 Å². The molecule has 0 bridgehead atoms. The summed E-state index contributed by atoms with van der Waals surface area (Å²) in [4.78, 5) is 0. The van der Waals surface area contributed by atoms with E-state index in [1.54, 1.807) is 13.8 Å². The Hall–Kier alpha value is -0.0800. The van der Waals surface area contributed by atoms with E-state index in [1.807, 2.05) is 6.92 Å². The molecular weight excluding hydrogens is 128 g/mol. The molecule has 2 nitrogen and oxygen atoms in total. The van der Waals surface area contributed by atoms with E-state index in [9.17, 15) is 5.11 Å². The number of aliphatic hydroxyl groups excluding tert-OH is 2. The predicted molar refractivity (Wildman–Crippen MR) is 40.5 cm³/mol. The second-order valence-electron chi connectivity index (χ2n) is 3.37. The van der Waals surface area contributed by atoms with Gasteiger partial charge in [-0.15, -0.1) is 0 Å². The van der Waals surface area contributed by atoms with Crippen LogP contribution in [0, 0.1) is 24.9 Å². The van der Waals surface area contributed by atoms with Gasteiger partial charge in [-0.1, -0.05) is 20.8 Å². The van der Waals surface area contributed by atoms with Crippen LogP contribution in [0.4, 0.5) is 0 Å². The third-order valence-corrected chi connectivity index (χ3v) is 1.63. The second-order valence-corrected chi connectivity index (χ2v) is 3.37. The van der Waals surface area contributed by atoms with E-state index in [4.69, 9.17) is 5.11 Å². The van der Waals surface area contributed by atoms with Gasteiger partial charge < -0.3 is 10.2 Å². The summed E-state index contributed by atoms with van der Waals surface area (Å²) in [7, 11) is 0. The zero-order valence-electron chi connectivity index (χ0n) is 6.83. The van der Waals surface area contributed by atoms with Gasteiger partial charge >= 0.3 is 0 Å². The van der Waals surface area contributed by atoms with Crippen LogP contribution in [0.1, 0.15) is 20.8 Å². The molecule has 10 heavy (non-hydrogen) atoms. The summed E-state index contributed by atoms with van der Waals surface area (Å²) in [5, 5.41) is 18.1. The number of hydrogen-bond donors (Lipinski definition) is 2. The lowest BCUT2D eigenvalue weighted by molar-refractivity contribution is 0.0147. The molecule has 0 saturated carbocycles. The Kier molecular flexibility index (Phi) is 3.33. The van der Waals surface area contributed by atoms with Gasteiger partial charge in [0.05, 0.1) is 12.7 Å². The standard InChI is InChI=1S/C8H16O2/c1-6(2)7(10)8(3,4)5-9/h5-7,9-10H,1H2,2-4H3. The molecule has 0 rings (SSSR count). The van der Waals surface area contributed by atoms with Gasteiger partial charge in [0.15, 0.2) is 0 Å². The Morgan fingerprint density at radius 1 is 1.50 bits per heavy atom. The molecule has 0 saturated heterocycles. The van der Waals surface area contributed by atoms with Crippen LogP contribution in [-0.2, 0) is 0 Å². The summed E-state index contributed by atoms with van der Waals surface area (Å²) in [6, 6.07) is 0. The van der Waals surface area contributed by atoms with Crippen LogP contribution in [0.2, 0.25) is 0 Å². The van der Waals surface area contributed by atoms with Gasteiger partial charge in [-0.25, -0.2) is 0 Å². The fourth-order valence-electron chi connectivity index (χ4n) is 0.810. The SMILES string of the molecule is [CH2]C(C)C(O)C(C)(C)[CH]O. The average molecular weight is 144 g/mol. The molecule has 0 aliphatic rings. The summed E-state index contributed by atoms with van der Waals surface area (Å²) in [6.07, 6.45) is -0.586. The maximum atomic E-state index is 9.40. The van der Waals surface area contributed by atoms with Crippen molar-refractivity contribution in [3.63, 3.8) is 0 Å². The Balaban J connectivity index is 4.03. The smallest absolute Gasteiger partial charge is 0.0880 e. The monoisotopic (exact) mass is 144 g/mol. The Bertz CT molecular complexity index is 97.4. The van der Waals surface area contributed by atoms with Crippen molar-refractivity contribution in [1.29, 1.82) is 0 Å². The van der Waals surface area contributed by atoms with Crippen LogP contribution in [-0.4, -0.2) is 16.3 Å². The van der Waals surface area contributed by atoms with Gasteiger partial charge in [-0.05, 0) is 12.8 Å². The van der Waals surface area contributed by atoms with E-state index in [2.05, 4.69) is 6.92 Å². The third-order valence-electron chi connectivity index (χ3n) is 1.63. The van der Waals surface area contributed by atoms with Crippen LogP contribution in [0.5, 0.6) is 0 Å². The van der Waals surface area contributed by atoms with E-state index < -0.39 is 11.5 Å². The summed E-state index contributed by atoms with van der Waals surface area (Å²) in [5.41, 5.74) is -0.554. The summed E-state index contributed by atoms with van der Waals surface area (Å²) >= 11 is 0. The molecule has 0 aromatic carbocycles. The van der Waals surface area contributed by atoms with E-state index >= 15 is 0 Å². The van der Waals surface area contributed by atoms with E-state index in [1.165, 1.54) is 0 Å². The topological polar surface area (TPSA) is 40.5 Å². The molecule has 2 atom stereocenters. The first kappa shape index (κ1) is 9.92. The first-order valence-electron chi connectivity index (χ1n) is 3.41. The van der Waals surface area contributed by atoms with Crippen LogP contribution in [0.3, 0.4) is 0 Å². The van der Waals surface area contributed by atoms with Gasteiger partial charge in [0.1, 0.15) is 0 Å². The maximum absolute atomic E-state index is 9.40. The largest absolute Gasteiger partial charge is 0.392 e. The van der Waals surface area contributed by atoms with E-state index in [-0.39, 0.29) is 5.92 Å². The molecule has 60 valence electrons. The Morgan fingerprint density at radius 3 is 2.00 bits per heavy atom. The van der Waals surface area contributed by atoms with Crippen LogP contribution in [0.25, 0.3) is 0 Å². The molecule has 0 aliphatic carbocycles. The number of hydrogen-bond acceptors (Lipinski definition) is 2. The van der Waals surface area contributed by atoms with Crippen molar-refractivity contribution < 1.29 is 10.2 Å². The first-order chi connectivity index (χ1) is 4.41. The van der Waals surface area contributed by atoms with Crippen LogP contribution >= 0.6 is 0 Å². The summed E-state index contributed by atoms with van der Waals surface area (Å²) in [6.45, 7) is 10.0. The second kappa shape index (κ2) is 3.35. The summed E-state index contributed by atoms with van der Waals surface area (Å²) < 4.78 is 0. The van der Waals surface area contributed by atoms with Gasteiger partial charge in [0.25, 0.3) is 0 Å². The zero-order chi connectivity index (χ0) is 8.36. The molecule has 0 aromatic heterocycles. The fraction of sp³-hybridized carbons (Fsp3) is 0.750. The quantitative estimate of drug-likeness (QED) is 0.628. The summed E-state index contributed by atoms with van der Waals surface area (Å²) in [5.74, 6) is -0.0709. The number of rotatable bonds is 3. The van der Waals surface area contributed by atoms with Crippen LogP contribution in [0.15, 0.2) is 0 Å². The first-order valence-corrected chi connectivity index (χ1v) is 3.41. The molecule has 0 aliphatic heterocycles. The Labute approximate surface area is 62.9 Å². The fourth-order valence-corrected chi connectivity index (χ4v) is 0.810. The molecule has 0 aromatic rings. The zero-order valence-corrected chi connectivity index (χ0v) is 6.83. The minimum atomic E-state index is -0.586. The highest BCUT2D eigenvalue weighted by molar-refractivity contribution is 4.87. The van der Waals surface area contributed by atoms with E-state index in [0.29, 0.717) is 0 Å². The molecule has 0 heterocycles. The maximum Gasteiger partial charge on any atom is 0.0880 e. The van der Waals surface area contributed by atoms with Crippen molar-refractivity contribution in [1.82, 2.24) is 0 Å². The van der Waals surface area contributed by atoms with Crippen molar-refractivity contribution >= 4 is 0 Å². The normalized spacial score (nSPS) is 15.9. The molecule has 2 unspecified atom stereocenters. The van der Waals surface area contributed by atoms with Crippen molar-refractivity contribution in [3.8, 4) is 0 Å². The minimum absolute atomic E-state index is 0.0709. The van der Waals surface area contributed by atoms with Gasteiger partial charge in [-0.3, -0.25) is 0 Å². The Morgan fingerprint density at radius 2 is 1.90 bits per heavy atom. The van der Waals surface area contributed by atoms with Crippen LogP contribution < -0.4 is 0 Å². The molecule has 0 fully saturated rings. The van der Waals surface area contributed by atoms with Gasteiger partial charge in [0, 0.05) is 5.41 Å². The third kappa shape index (κ3) is 2.27. The lowest BCUT2D eigenvalue weighted by Crippen LogP contribution is -2.34. The highest BCUT2D eigenvalue weighted by Gasteiger charge is 2.29. The molecule has 0 amide bonds. The lowest BCUT2D eigenvalue weighted by Gasteiger charge is -2.30. The van der Waals surface area contributed by atoms with Crippen molar-refractivity contribution in [2.24, 2.45) is 11.3 Å².